The summed E-state index contributed by atoms with van der Waals surface area (Å²) in [4.78, 5) is 2.21. The van der Waals surface area contributed by atoms with Gasteiger partial charge in [0.1, 0.15) is 0 Å². The smallest absolute Gasteiger partial charge is 0.489 e. The van der Waals surface area contributed by atoms with E-state index in [-0.39, 0.29) is 18.9 Å². The van der Waals surface area contributed by atoms with Crippen LogP contribution < -0.4 is 18.9 Å². The van der Waals surface area contributed by atoms with E-state index >= 15 is 0 Å². The van der Waals surface area contributed by atoms with Gasteiger partial charge in [0, 0.05) is 6.04 Å². The van der Waals surface area contributed by atoms with Crippen molar-refractivity contribution in [1.29, 1.82) is 0 Å². The van der Waals surface area contributed by atoms with Crippen molar-refractivity contribution in [3.63, 3.8) is 0 Å². The Morgan fingerprint density at radius 2 is 1.93 bits per heavy atom. The summed E-state index contributed by atoms with van der Waals surface area (Å²) in [6, 6.07) is 10.9. The first-order chi connectivity index (χ1) is 6.25. The van der Waals surface area contributed by atoms with Crippen LogP contribution in [-0.4, -0.2) is 18.5 Å². The number of hydrogen-bond acceptors (Lipinski definition) is 1. The van der Waals surface area contributed by atoms with E-state index in [9.17, 15) is 0 Å². The second-order valence-corrected chi connectivity index (χ2v) is 3.25. The molecule has 0 saturated carbocycles. The number of hydrogen-bond donors (Lipinski definition) is 0. The van der Waals surface area contributed by atoms with Gasteiger partial charge in [-0.25, -0.2) is 0 Å². The summed E-state index contributed by atoms with van der Waals surface area (Å²) in [7, 11) is 2.08. The first-order valence-electron chi connectivity index (χ1n) is 4.51. The molecule has 14 heavy (non-hydrogen) atoms. The van der Waals surface area contributed by atoms with E-state index in [1.807, 2.05) is 6.07 Å². The summed E-state index contributed by atoms with van der Waals surface area (Å²) in [5.74, 6) is 0. The van der Waals surface area contributed by atoms with Crippen LogP contribution in [0, 0.1) is 6.08 Å². The van der Waals surface area contributed by atoms with Crippen molar-refractivity contribution >= 4 is 0 Å². The summed E-state index contributed by atoms with van der Waals surface area (Å²) in [6.07, 6.45) is 2.89. The first-order valence-corrected chi connectivity index (χ1v) is 4.51. The fraction of sp³-hybridized carbons (Fsp3) is 0.333. The van der Waals surface area contributed by atoms with Gasteiger partial charge in [-0.05, 0) is 19.5 Å². The fourth-order valence-corrected chi connectivity index (χ4v) is 1.30. The molecule has 2 heteroatoms. The van der Waals surface area contributed by atoms with Crippen molar-refractivity contribution in [3.05, 3.63) is 48.6 Å². The third kappa shape index (κ3) is 3.72. The molecule has 0 aliphatic rings. The molecule has 0 aliphatic heterocycles. The van der Waals surface area contributed by atoms with Gasteiger partial charge in [-0.1, -0.05) is 30.3 Å². The molecular formula is C12H16LiN. The topological polar surface area (TPSA) is 3.24 Å². The third-order valence-corrected chi connectivity index (χ3v) is 2.30. The van der Waals surface area contributed by atoms with Gasteiger partial charge in [-0.3, -0.25) is 6.58 Å². The molecule has 0 spiro atoms. The van der Waals surface area contributed by atoms with Crippen molar-refractivity contribution < 1.29 is 18.9 Å². The van der Waals surface area contributed by atoms with Crippen LogP contribution >= 0.6 is 0 Å². The van der Waals surface area contributed by atoms with Gasteiger partial charge in [0.2, 0.25) is 0 Å². The molecule has 0 radical (unpaired) electrons. The molecule has 0 bridgehead atoms. The summed E-state index contributed by atoms with van der Waals surface area (Å²) in [5.41, 5.74) is 1.33. The maximum absolute atomic E-state index is 3.61. The molecule has 70 valence electrons. The summed E-state index contributed by atoms with van der Waals surface area (Å²) in [5, 5.41) is 0. The van der Waals surface area contributed by atoms with Gasteiger partial charge < -0.3 is 11.0 Å². The fourth-order valence-electron chi connectivity index (χ4n) is 1.30. The van der Waals surface area contributed by atoms with Crippen LogP contribution in [0.2, 0.25) is 0 Å². The Bertz CT molecular complexity index is 258. The van der Waals surface area contributed by atoms with Crippen LogP contribution in [0.5, 0.6) is 0 Å². The maximum Gasteiger partial charge on any atom is 1.00 e. The number of rotatable bonds is 4. The second kappa shape index (κ2) is 6.90. The molecule has 0 heterocycles. The van der Waals surface area contributed by atoms with Gasteiger partial charge >= 0.3 is 18.9 Å². The van der Waals surface area contributed by atoms with E-state index in [2.05, 4.69) is 55.8 Å². The van der Waals surface area contributed by atoms with Crippen LogP contribution in [-0.2, 0) is 0 Å². The zero-order valence-corrected chi connectivity index (χ0v) is 9.33. The van der Waals surface area contributed by atoms with Gasteiger partial charge in [-0.15, -0.1) is 6.54 Å². The first kappa shape index (κ1) is 13.5. The van der Waals surface area contributed by atoms with Crippen LogP contribution in [0.4, 0.5) is 0 Å². The standard InChI is InChI=1S/C12H16N.Li/c1-4-10-13(3)11(2)12-8-6-5-7-9-12;/h5-9,11H,1,10H2,2-3H3;/q-1;+1/t11-;/m0./s1. The molecule has 0 unspecified atom stereocenters. The van der Waals surface area contributed by atoms with Crippen LogP contribution in [0.3, 0.4) is 0 Å². The van der Waals surface area contributed by atoms with Crippen molar-refractivity contribution in [2.45, 2.75) is 13.0 Å². The average Bonchev–Trinajstić information content (AvgIpc) is 2.18. The quantitative estimate of drug-likeness (QED) is 0.454. The second-order valence-electron chi connectivity index (χ2n) is 3.25. The molecule has 1 atom stereocenters. The molecule has 0 N–H and O–H groups in total. The Morgan fingerprint density at radius 3 is 2.43 bits per heavy atom. The zero-order valence-electron chi connectivity index (χ0n) is 9.33. The van der Waals surface area contributed by atoms with Crippen molar-refractivity contribution in [2.75, 3.05) is 13.6 Å². The molecule has 0 aliphatic carbocycles. The largest absolute Gasteiger partial charge is 1.00 e. The van der Waals surface area contributed by atoms with Crippen molar-refractivity contribution in [3.8, 4) is 0 Å². The van der Waals surface area contributed by atoms with E-state index in [0.717, 1.165) is 6.54 Å². The third-order valence-electron chi connectivity index (χ3n) is 2.30. The summed E-state index contributed by atoms with van der Waals surface area (Å²) < 4.78 is 0. The van der Waals surface area contributed by atoms with Crippen molar-refractivity contribution in [1.82, 2.24) is 4.90 Å². The molecule has 0 saturated heterocycles. The predicted octanol–water partition coefficient (Wildman–Crippen LogP) is -0.327. The van der Waals surface area contributed by atoms with Gasteiger partial charge in [0.15, 0.2) is 0 Å². The molecule has 1 nitrogen and oxygen atoms in total. The minimum absolute atomic E-state index is 0. The minimum atomic E-state index is 0. The van der Waals surface area contributed by atoms with E-state index in [0.29, 0.717) is 6.04 Å². The number of nitrogens with zero attached hydrogens (tertiary/aromatic N) is 1. The van der Waals surface area contributed by atoms with Gasteiger partial charge in [0.25, 0.3) is 0 Å². The summed E-state index contributed by atoms with van der Waals surface area (Å²) >= 11 is 0. The predicted molar refractivity (Wildman–Crippen MR) is 56.4 cm³/mol. The SMILES string of the molecule is C=[C-]CN(C)[C@@H](C)c1ccccc1.[Li+]. The molecule has 1 aromatic carbocycles. The van der Waals surface area contributed by atoms with Gasteiger partial charge in [-0.2, -0.15) is 0 Å². The zero-order chi connectivity index (χ0) is 9.68. The summed E-state index contributed by atoms with van der Waals surface area (Å²) in [6.45, 7) is 6.60. The van der Waals surface area contributed by atoms with E-state index in [4.69, 9.17) is 0 Å². The molecular weight excluding hydrogens is 165 g/mol. The van der Waals surface area contributed by atoms with Crippen LogP contribution in [0.15, 0.2) is 36.9 Å². The molecule has 0 aromatic heterocycles. The minimum Gasteiger partial charge on any atom is -0.489 e. The maximum atomic E-state index is 3.61. The molecule has 1 rings (SSSR count). The van der Waals surface area contributed by atoms with Gasteiger partial charge in [0.05, 0.1) is 0 Å². The Kier molecular flexibility index (Phi) is 6.66. The molecule has 1 aromatic rings. The Balaban J connectivity index is 0.00000169. The Labute approximate surface area is 99.0 Å². The Hall–Kier alpha value is -0.483. The van der Waals surface area contributed by atoms with E-state index in [1.54, 1.807) is 0 Å². The normalized spacial score (nSPS) is 11.9. The van der Waals surface area contributed by atoms with E-state index < -0.39 is 0 Å². The average molecular weight is 181 g/mol. The van der Waals surface area contributed by atoms with E-state index in [1.165, 1.54) is 5.56 Å². The molecule has 0 amide bonds. The molecule has 0 fully saturated rings. The van der Waals surface area contributed by atoms with Crippen LogP contribution in [0.25, 0.3) is 0 Å². The van der Waals surface area contributed by atoms with Crippen LogP contribution in [0.1, 0.15) is 18.5 Å². The monoisotopic (exact) mass is 181 g/mol. The van der Waals surface area contributed by atoms with Crippen molar-refractivity contribution in [2.24, 2.45) is 0 Å². The number of benzene rings is 1. The number of likely N-dealkylation sites (N-methyl/N-ethyl adjacent to an activating group) is 1. The Morgan fingerprint density at radius 1 is 1.36 bits per heavy atom.